The number of hydrogen-bond donors (Lipinski definition) is 2. The van der Waals surface area contributed by atoms with Crippen molar-refractivity contribution in [2.24, 2.45) is 5.73 Å². The molecule has 0 radical (unpaired) electrons. The van der Waals surface area contributed by atoms with Gasteiger partial charge in [-0.25, -0.2) is 4.79 Å². The van der Waals surface area contributed by atoms with Crippen molar-refractivity contribution in [2.45, 2.75) is 6.92 Å². The van der Waals surface area contributed by atoms with Gasteiger partial charge >= 0.3 is 6.03 Å². The van der Waals surface area contributed by atoms with E-state index in [1.54, 1.807) is 0 Å². The lowest BCUT2D eigenvalue weighted by Crippen LogP contribution is -2.41. The molecule has 7 nitrogen and oxygen atoms in total. The summed E-state index contributed by atoms with van der Waals surface area (Å²) in [6.45, 7) is 1.66. The van der Waals surface area contributed by atoms with Crippen LogP contribution in [-0.2, 0) is 4.79 Å². The third-order valence-corrected chi connectivity index (χ3v) is 1.65. The zero-order valence-corrected chi connectivity index (χ0v) is 8.27. The maximum absolute atomic E-state index is 11.5. The molecule has 3 N–H and O–H groups in total. The number of aromatic nitrogens is 1. The summed E-state index contributed by atoms with van der Waals surface area (Å²) in [4.78, 5) is 23.5. The van der Waals surface area contributed by atoms with E-state index in [1.807, 2.05) is 0 Å². The molecule has 3 amide bonds. The lowest BCUT2D eigenvalue weighted by molar-refractivity contribution is -0.125. The van der Waals surface area contributed by atoms with Crippen molar-refractivity contribution in [3.05, 3.63) is 12.3 Å². The second kappa shape index (κ2) is 5.11. The normalized spacial score (nSPS) is 9.73. The highest BCUT2D eigenvalue weighted by molar-refractivity contribution is 5.99. The van der Waals surface area contributed by atoms with E-state index in [4.69, 9.17) is 5.73 Å². The van der Waals surface area contributed by atoms with E-state index in [-0.39, 0.29) is 24.9 Å². The summed E-state index contributed by atoms with van der Waals surface area (Å²) in [5.41, 5.74) is 5.27. The number of imide groups is 1. The first-order chi connectivity index (χ1) is 7.15. The third kappa shape index (κ3) is 3.06. The summed E-state index contributed by atoms with van der Waals surface area (Å²) in [5, 5.41) is 5.78. The average molecular weight is 212 g/mol. The summed E-state index contributed by atoms with van der Waals surface area (Å²) < 4.78 is 4.66. The zero-order chi connectivity index (χ0) is 11.3. The number of carbonyl (C=O) groups is 2. The van der Waals surface area contributed by atoms with Crippen molar-refractivity contribution in [3.8, 4) is 0 Å². The lowest BCUT2D eigenvalue weighted by Gasteiger charge is -2.17. The predicted octanol–water partition coefficient (Wildman–Crippen LogP) is 0.0137. The van der Waals surface area contributed by atoms with E-state index < -0.39 is 6.03 Å². The van der Waals surface area contributed by atoms with Crippen LogP contribution in [0.5, 0.6) is 0 Å². The Bertz CT molecular complexity index is 336. The van der Waals surface area contributed by atoms with Crippen molar-refractivity contribution < 1.29 is 14.1 Å². The number of nitrogens with zero attached hydrogens (tertiary/aromatic N) is 2. The number of urea groups is 1. The number of anilines is 1. The van der Waals surface area contributed by atoms with E-state index in [9.17, 15) is 9.59 Å². The Kier molecular flexibility index (Phi) is 3.81. The molecular weight excluding hydrogens is 200 g/mol. The molecule has 0 unspecified atom stereocenters. The molecule has 0 aromatic carbocycles. The van der Waals surface area contributed by atoms with Crippen LogP contribution < -0.4 is 11.1 Å². The maximum Gasteiger partial charge on any atom is 0.330 e. The van der Waals surface area contributed by atoms with Gasteiger partial charge in [-0.3, -0.25) is 15.0 Å². The Morgan fingerprint density at radius 3 is 2.87 bits per heavy atom. The van der Waals surface area contributed by atoms with E-state index in [0.717, 1.165) is 4.90 Å². The van der Waals surface area contributed by atoms with Crippen molar-refractivity contribution in [1.29, 1.82) is 0 Å². The highest BCUT2D eigenvalue weighted by Crippen LogP contribution is 2.05. The summed E-state index contributed by atoms with van der Waals surface area (Å²) in [6, 6.07) is 0.892. The molecule has 0 saturated carbocycles. The van der Waals surface area contributed by atoms with Gasteiger partial charge in [0.25, 0.3) is 0 Å². The van der Waals surface area contributed by atoms with Crippen LogP contribution in [0.4, 0.5) is 10.7 Å². The van der Waals surface area contributed by atoms with Gasteiger partial charge in [0.1, 0.15) is 0 Å². The van der Waals surface area contributed by atoms with Crippen LogP contribution in [-0.4, -0.2) is 35.1 Å². The van der Waals surface area contributed by atoms with Crippen LogP contribution in [0.15, 0.2) is 16.8 Å². The van der Waals surface area contributed by atoms with E-state index in [1.165, 1.54) is 19.2 Å². The maximum atomic E-state index is 11.5. The van der Waals surface area contributed by atoms with Crippen LogP contribution in [0.2, 0.25) is 0 Å². The van der Waals surface area contributed by atoms with Gasteiger partial charge in [0.05, 0.1) is 6.20 Å². The van der Waals surface area contributed by atoms with Gasteiger partial charge in [-0.2, -0.15) is 0 Å². The van der Waals surface area contributed by atoms with Gasteiger partial charge in [-0.15, -0.1) is 0 Å². The monoisotopic (exact) mass is 212 g/mol. The van der Waals surface area contributed by atoms with Crippen LogP contribution in [0, 0.1) is 0 Å². The molecule has 7 heteroatoms. The van der Waals surface area contributed by atoms with E-state index in [2.05, 4.69) is 15.0 Å². The molecule has 0 saturated heterocycles. The SMILES string of the molecule is CC(=O)N(CCN)C(=O)Nc1ccno1. The molecular formula is C8H12N4O3. The molecule has 0 fully saturated rings. The fourth-order valence-electron chi connectivity index (χ4n) is 0.984. The molecule has 0 aliphatic heterocycles. The topological polar surface area (TPSA) is 101 Å². The minimum Gasteiger partial charge on any atom is -0.338 e. The molecule has 0 spiro atoms. The minimum atomic E-state index is -0.579. The van der Waals surface area contributed by atoms with Crippen LogP contribution in [0.1, 0.15) is 6.92 Å². The predicted molar refractivity (Wildman–Crippen MR) is 52.0 cm³/mol. The number of nitrogens with two attached hydrogens (primary N) is 1. The molecule has 0 aliphatic rings. The Hall–Kier alpha value is -1.89. The molecule has 0 atom stereocenters. The van der Waals surface area contributed by atoms with Crippen LogP contribution >= 0.6 is 0 Å². The smallest absolute Gasteiger partial charge is 0.330 e. The van der Waals surface area contributed by atoms with Gasteiger partial charge < -0.3 is 10.3 Å². The van der Waals surface area contributed by atoms with Crippen molar-refractivity contribution in [1.82, 2.24) is 10.1 Å². The Labute approximate surface area is 86.2 Å². The summed E-state index contributed by atoms with van der Waals surface area (Å²) >= 11 is 0. The molecule has 15 heavy (non-hydrogen) atoms. The Morgan fingerprint density at radius 1 is 1.67 bits per heavy atom. The average Bonchev–Trinajstić information content (AvgIpc) is 2.65. The van der Waals surface area contributed by atoms with Crippen molar-refractivity contribution >= 4 is 17.8 Å². The van der Waals surface area contributed by atoms with Crippen LogP contribution in [0.25, 0.3) is 0 Å². The number of amides is 3. The Balaban J connectivity index is 2.60. The lowest BCUT2D eigenvalue weighted by atomic mass is 10.5. The molecule has 0 aliphatic carbocycles. The minimum absolute atomic E-state index is 0.162. The van der Waals surface area contributed by atoms with Crippen molar-refractivity contribution in [3.63, 3.8) is 0 Å². The number of rotatable bonds is 3. The van der Waals surface area contributed by atoms with Gasteiger partial charge in [0.2, 0.25) is 11.8 Å². The molecule has 82 valence electrons. The molecule has 0 bridgehead atoms. The second-order valence-corrected chi connectivity index (χ2v) is 2.77. The number of carbonyl (C=O) groups excluding carboxylic acids is 2. The number of nitrogens with one attached hydrogen (secondary N) is 1. The van der Waals surface area contributed by atoms with Crippen molar-refractivity contribution in [2.75, 3.05) is 18.4 Å². The zero-order valence-electron chi connectivity index (χ0n) is 8.27. The first-order valence-electron chi connectivity index (χ1n) is 4.35. The summed E-state index contributed by atoms with van der Waals surface area (Å²) in [7, 11) is 0. The molecule has 1 aromatic rings. The molecule has 1 heterocycles. The third-order valence-electron chi connectivity index (χ3n) is 1.65. The van der Waals surface area contributed by atoms with Gasteiger partial charge in [0.15, 0.2) is 0 Å². The first-order valence-corrected chi connectivity index (χ1v) is 4.35. The quantitative estimate of drug-likeness (QED) is 0.735. The highest BCUT2D eigenvalue weighted by Gasteiger charge is 2.17. The summed E-state index contributed by atoms with van der Waals surface area (Å²) in [5.74, 6) is -0.194. The van der Waals surface area contributed by atoms with E-state index >= 15 is 0 Å². The fraction of sp³-hybridized carbons (Fsp3) is 0.375. The first kappa shape index (κ1) is 11.2. The Morgan fingerprint density at radius 2 is 2.40 bits per heavy atom. The standard InChI is InChI=1S/C8H12N4O3/c1-6(13)12(5-3-9)8(14)11-7-2-4-10-15-7/h2,4H,3,5,9H2,1H3,(H,11,14). The molecule has 1 aromatic heterocycles. The second-order valence-electron chi connectivity index (χ2n) is 2.77. The van der Waals surface area contributed by atoms with Gasteiger partial charge in [-0.05, 0) is 0 Å². The van der Waals surface area contributed by atoms with E-state index in [0.29, 0.717) is 0 Å². The fourth-order valence-corrected chi connectivity index (χ4v) is 0.984. The number of hydrogen-bond acceptors (Lipinski definition) is 5. The summed E-state index contributed by atoms with van der Waals surface area (Å²) in [6.07, 6.45) is 1.39. The van der Waals surface area contributed by atoms with Crippen LogP contribution in [0.3, 0.4) is 0 Å². The highest BCUT2D eigenvalue weighted by atomic mass is 16.5. The van der Waals surface area contributed by atoms with Gasteiger partial charge in [0, 0.05) is 26.1 Å². The molecule has 1 rings (SSSR count). The largest absolute Gasteiger partial charge is 0.338 e. The van der Waals surface area contributed by atoms with Gasteiger partial charge in [-0.1, -0.05) is 5.16 Å².